The van der Waals surface area contributed by atoms with Gasteiger partial charge in [0, 0.05) is 17.9 Å². The van der Waals surface area contributed by atoms with Crippen molar-refractivity contribution >= 4 is 24.3 Å². The Hall–Kier alpha value is -2.26. The van der Waals surface area contributed by atoms with Gasteiger partial charge in [0.05, 0.1) is 32.4 Å². The van der Waals surface area contributed by atoms with Gasteiger partial charge in [-0.25, -0.2) is 4.98 Å². The fourth-order valence-electron chi connectivity index (χ4n) is 6.34. The lowest BCUT2D eigenvalue weighted by atomic mass is 9.99. The molecule has 6 heteroatoms. The molecule has 3 aromatic rings. The molecule has 188 valence electrons. The fraction of sp³-hybridized carbons (Fsp3) is 0.552. The van der Waals surface area contributed by atoms with E-state index in [9.17, 15) is 0 Å². The first-order valence-electron chi connectivity index (χ1n) is 13.2. The topological polar surface area (TPSA) is 45.5 Å². The summed E-state index contributed by atoms with van der Waals surface area (Å²) in [6.45, 7) is 0. The maximum absolute atomic E-state index is 6.22. The normalized spacial score (nSPS) is 17.7. The molecule has 0 N–H and O–H groups in total. The Labute approximate surface area is 210 Å². The molecular weight excluding hydrogens is 455 g/mol. The van der Waals surface area contributed by atoms with E-state index >= 15 is 0 Å². The smallest absolute Gasteiger partial charge is 0.203 e. The third-order valence-corrected chi connectivity index (χ3v) is 11.6. The number of benzene rings is 2. The summed E-state index contributed by atoms with van der Waals surface area (Å²) in [6, 6.07) is 10.6. The number of hydrogen-bond donors (Lipinski definition) is 0. The molecule has 1 heterocycles. The van der Waals surface area contributed by atoms with Crippen LogP contribution >= 0.6 is 7.92 Å². The molecule has 0 bridgehead atoms. The third kappa shape index (κ3) is 4.53. The second-order valence-electron chi connectivity index (χ2n) is 10.0. The lowest BCUT2D eigenvalue weighted by molar-refractivity contribution is 0.326. The molecule has 5 rings (SSSR count). The van der Waals surface area contributed by atoms with Gasteiger partial charge in [0.2, 0.25) is 5.75 Å². The number of ether oxygens (including phenoxy) is 3. The number of aryl methyl sites for hydroxylation is 1. The number of fused-ring (bicyclic) bond motifs is 1. The van der Waals surface area contributed by atoms with E-state index in [1.54, 1.807) is 21.3 Å². The summed E-state index contributed by atoms with van der Waals surface area (Å²) >= 11 is 0. The lowest BCUT2D eigenvalue weighted by Gasteiger charge is -2.40. The number of imidazole rings is 1. The van der Waals surface area contributed by atoms with E-state index in [-0.39, 0.29) is 0 Å². The van der Waals surface area contributed by atoms with Crippen LogP contribution in [0.4, 0.5) is 0 Å². The van der Waals surface area contributed by atoms with Gasteiger partial charge < -0.3 is 18.8 Å². The zero-order chi connectivity index (χ0) is 24.4. The highest BCUT2D eigenvalue weighted by molar-refractivity contribution is 7.67. The molecule has 35 heavy (non-hydrogen) atoms. The molecule has 0 amide bonds. The Morgan fingerprint density at radius 2 is 1.40 bits per heavy atom. The van der Waals surface area contributed by atoms with Gasteiger partial charge in [-0.05, 0) is 55.2 Å². The molecule has 0 radical (unpaired) electrons. The number of rotatable bonds is 7. The molecule has 1 aromatic heterocycles. The molecule has 2 saturated carbocycles. The van der Waals surface area contributed by atoms with Crippen molar-refractivity contribution in [2.24, 2.45) is 7.05 Å². The highest BCUT2D eigenvalue weighted by atomic mass is 31.1. The van der Waals surface area contributed by atoms with Crippen LogP contribution < -0.4 is 19.5 Å². The van der Waals surface area contributed by atoms with Gasteiger partial charge in [-0.2, -0.15) is 0 Å². The Balaban J connectivity index is 1.79. The van der Waals surface area contributed by atoms with E-state index in [4.69, 9.17) is 19.2 Å². The minimum Gasteiger partial charge on any atom is -0.493 e. The summed E-state index contributed by atoms with van der Waals surface area (Å²) in [5.41, 5.74) is 4.76. The Morgan fingerprint density at radius 3 is 1.94 bits per heavy atom. The highest BCUT2D eigenvalue weighted by Gasteiger charge is 2.38. The maximum atomic E-state index is 6.22. The van der Waals surface area contributed by atoms with Crippen LogP contribution in [0.25, 0.3) is 22.4 Å². The van der Waals surface area contributed by atoms with Crippen molar-refractivity contribution in [1.82, 2.24) is 9.55 Å². The van der Waals surface area contributed by atoms with Crippen LogP contribution in [0.5, 0.6) is 17.2 Å². The molecule has 2 aromatic carbocycles. The van der Waals surface area contributed by atoms with E-state index in [0.717, 1.165) is 39.5 Å². The second kappa shape index (κ2) is 10.8. The molecule has 0 unspecified atom stereocenters. The molecule has 0 spiro atoms. The minimum absolute atomic E-state index is 0.458. The number of nitrogens with zero attached hydrogens (tertiary/aromatic N) is 2. The Morgan fingerprint density at radius 1 is 0.800 bits per heavy atom. The summed E-state index contributed by atoms with van der Waals surface area (Å²) in [4.78, 5) is 5.14. The molecule has 0 atom stereocenters. The van der Waals surface area contributed by atoms with E-state index in [0.29, 0.717) is 11.5 Å². The molecule has 2 fully saturated rings. The first kappa shape index (κ1) is 24.4. The van der Waals surface area contributed by atoms with Crippen LogP contribution in [0.1, 0.15) is 64.2 Å². The molecule has 0 aliphatic heterocycles. The average Bonchev–Trinajstić information content (AvgIpc) is 3.25. The zero-order valence-corrected chi connectivity index (χ0v) is 22.6. The summed E-state index contributed by atoms with van der Waals surface area (Å²) in [5.74, 6) is 3.26. The predicted octanol–water partition coefficient (Wildman–Crippen LogP) is 7.04. The van der Waals surface area contributed by atoms with Gasteiger partial charge in [-0.15, -0.1) is 0 Å². The third-order valence-electron chi connectivity index (χ3n) is 8.03. The van der Waals surface area contributed by atoms with Gasteiger partial charge in [0.15, 0.2) is 11.5 Å². The van der Waals surface area contributed by atoms with Crippen LogP contribution in [0, 0.1) is 0 Å². The van der Waals surface area contributed by atoms with Gasteiger partial charge in [0.1, 0.15) is 5.82 Å². The molecule has 5 nitrogen and oxygen atoms in total. The van der Waals surface area contributed by atoms with Crippen LogP contribution in [0.15, 0.2) is 30.3 Å². The van der Waals surface area contributed by atoms with Gasteiger partial charge in [-0.3, -0.25) is 0 Å². The average molecular weight is 495 g/mol. The number of aromatic nitrogens is 2. The van der Waals surface area contributed by atoms with Crippen LogP contribution in [-0.4, -0.2) is 42.2 Å². The fourth-order valence-corrected chi connectivity index (χ4v) is 10.4. The first-order valence-corrected chi connectivity index (χ1v) is 14.7. The van der Waals surface area contributed by atoms with Crippen molar-refractivity contribution < 1.29 is 14.2 Å². The number of hydrogen-bond acceptors (Lipinski definition) is 4. The standard InChI is InChI=1S/C29H39N2O3P/c1-31-24-18-12-11-17-23(24)30-29(31)22-19-25(32-2)26(33-3)27(34-4)28(22)35(20-13-7-5-8-14-20)21-15-9-6-10-16-21/h11-12,17-21H,5-10,13-16H2,1-4H3. The number of methoxy groups -OCH3 is 3. The second-order valence-corrected chi connectivity index (χ2v) is 12.7. The summed E-state index contributed by atoms with van der Waals surface area (Å²) in [6.07, 6.45) is 13.4. The Bertz CT molecular complexity index is 1140. The van der Waals surface area contributed by atoms with Gasteiger partial charge in [-0.1, -0.05) is 58.6 Å². The SMILES string of the molecule is COc1cc(-c2nc3ccccc3n2C)c(P(C2CCCCC2)C2CCCCC2)c(OC)c1OC. The van der Waals surface area contributed by atoms with E-state index in [1.165, 1.54) is 69.5 Å². The molecule has 0 saturated heterocycles. The molecular formula is C29H39N2O3P. The van der Waals surface area contributed by atoms with E-state index in [2.05, 4.69) is 41.9 Å². The van der Waals surface area contributed by atoms with Gasteiger partial charge >= 0.3 is 0 Å². The molecule has 2 aliphatic carbocycles. The maximum Gasteiger partial charge on any atom is 0.203 e. The zero-order valence-electron chi connectivity index (χ0n) is 21.7. The summed E-state index contributed by atoms with van der Waals surface area (Å²) in [5, 5.41) is 1.34. The number of para-hydroxylation sites is 2. The van der Waals surface area contributed by atoms with Crippen molar-refractivity contribution in [3.8, 4) is 28.6 Å². The summed E-state index contributed by atoms with van der Waals surface area (Å²) < 4.78 is 20.2. The summed E-state index contributed by atoms with van der Waals surface area (Å²) in [7, 11) is 6.89. The van der Waals surface area contributed by atoms with Crippen molar-refractivity contribution in [3.05, 3.63) is 30.3 Å². The van der Waals surface area contributed by atoms with Crippen molar-refractivity contribution in [2.45, 2.75) is 75.5 Å². The van der Waals surface area contributed by atoms with Crippen molar-refractivity contribution in [3.63, 3.8) is 0 Å². The van der Waals surface area contributed by atoms with Gasteiger partial charge in [0.25, 0.3) is 0 Å². The van der Waals surface area contributed by atoms with E-state index < -0.39 is 7.92 Å². The quantitative estimate of drug-likeness (QED) is 0.331. The lowest BCUT2D eigenvalue weighted by Crippen LogP contribution is -2.28. The highest BCUT2D eigenvalue weighted by Crippen LogP contribution is 2.59. The first-order chi connectivity index (χ1) is 17.2. The van der Waals surface area contributed by atoms with E-state index in [1.807, 2.05) is 0 Å². The van der Waals surface area contributed by atoms with Crippen LogP contribution in [0.2, 0.25) is 0 Å². The minimum atomic E-state index is -0.458. The Kier molecular flexibility index (Phi) is 7.53. The predicted molar refractivity (Wildman–Crippen MR) is 146 cm³/mol. The van der Waals surface area contributed by atoms with Crippen molar-refractivity contribution in [2.75, 3.05) is 21.3 Å². The van der Waals surface area contributed by atoms with Crippen LogP contribution in [-0.2, 0) is 7.05 Å². The monoisotopic (exact) mass is 494 g/mol. The van der Waals surface area contributed by atoms with Crippen LogP contribution in [0.3, 0.4) is 0 Å². The largest absolute Gasteiger partial charge is 0.493 e. The van der Waals surface area contributed by atoms with Crippen molar-refractivity contribution in [1.29, 1.82) is 0 Å². The molecule has 2 aliphatic rings.